The molecule has 2 aromatic rings. The molecule has 1 aliphatic heterocycles. The lowest BCUT2D eigenvalue weighted by Crippen LogP contribution is -2.56. The van der Waals surface area contributed by atoms with Crippen LogP contribution in [0.4, 0.5) is 4.79 Å². The van der Waals surface area contributed by atoms with E-state index in [1.165, 1.54) is 23.3 Å². The number of ether oxygens (including phenoxy) is 1. The second kappa shape index (κ2) is 16.5. The van der Waals surface area contributed by atoms with Crippen LogP contribution in [0, 0.1) is 5.92 Å². The monoisotopic (exact) mass is 524 g/mol. The minimum absolute atomic E-state index is 0.237. The van der Waals surface area contributed by atoms with Gasteiger partial charge in [-0.15, -0.1) is 0 Å². The molecule has 0 aromatic heterocycles. The molecule has 0 radical (unpaired) electrons. The smallest absolute Gasteiger partial charge is 0.324 e. The Balaban J connectivity index is 0.000000636. The highest BCUT2D eigenvalue weighted by molar-refractivity contribution is 5.85. The van der Waals surface area contributed by atoms with E-state index in [9.17, 15) is 9.59 Å². The van der Waals surface area contributed by atoms with Crippen molar-refractivity contribution in [2.45, 2.75) is 64.5 Å². The van der Waals surface area contributed by atoms with Gasteiger partial charge in [0.15, 0.2) is 0 Å². The number of hydrogen-bond donors (Lipinski definition) is 2. The molecule has 208 valence electrons. The summed E-state index contributed by atoms with van der Waals surface area (Å²) in [5.74, 6) is 1.83. The lowest BCUT2D eigenvalue weighted by Gasteiger charge is -2.40. The third-order valence-corrected chi connectivity index (χ3v) is 6.92. The SMILES string of the molecule is CC1CC1.COc1ccc(CN(C=O)C(=O)NC2(C)CCN(CCCc3ccccc3)CC2)cc1.NC=O. The van der Waals surface area contributed by atoms with E-state index >= 15 is 0 Å². The van der Waals surface area contributed by atoms with Crippen LogP contribution in [0.25, 0.3) is 0 Å². The van der Waals surface area contributed by atoms with Crippen LogP contribution in [-0.4, -0.2) is 60.9 Å². The van der Waals surface area contributed by atoms with Gasteiger partial charge in [0, 0.05) is 18.6 Å². The summed E-state index contributed by atoms with van der Waals surface area (Å²) in [7, 11) is 1.61. The fourth-order valence-corrected chi connectivity index (χ4v) is 4.13. The Morgan fingerprint density at radius 3 is 2.16 bits per heavy atom. The van der Waals surface area contributed by atoms with Crippen LogP contribution in [-0.2, 0) is 22.6 Å². The van der Waals surface area contributed by atoms with Crippen LogP contribution in [0.15, 0.2) is 54.6 Å². The molecule has 1 aliphatic carbocycles. The zero-order chi connectivity index (χ0) is 27.8. The first-order chi connectivity index (χ1) is 18.3. The Hall–Kier alpha value is -3.39. The summed E-state index contributed by atoms with van der Waals surface area (Å²) in [5, 5.41) is 3.10. The lowest BCUT2D eigenvalue weighted by molar-refractivity contribution is -0.116. The fraction of sp³-hybridized carbons (Fsp3) is 0.500. The maximum atomic E-state index is 12.7. The first-order valence-electron chi connectivity index (χ1n) is 13.4. The van der Waals surface area contributed by atoms with E-state index in [0.717, 1.165) is 62.5 Å². The van der Waals surface area contributed by atoms with Crippen molar-refractivity contribution in [3.8, 4) is 5.75 Å². The number of nitrogens with two attached hydrogens (primary N) is 1. The van der Waals surface area contributed by atoms with E-state index in [0.29, 0.717) is 6.41 Å². The number of aryl methyl sites for hydroxylation is 1. The predicted molar refractivity (Wildman–Crippen MR) is 151 cm³/mol. The van der Waals surface area contributed by atoms with Crippen molar-refractivity contribution < 1.29 is 19.1 Å². The highest BCUT2D eigenvalue weighted by Gasteiger charge is 2.32. The Labute approximate surface area is 227 Å². The fourth-order valence-electron chi connectivity index (χ4n) is 4.13. The van der Waals surface area contributed by atoms with Crippen LogP contribution >= 0.6 is 0 Å². The van der Waals surface area contributed by atoms with Crippen LogP contribution < -0.4 is 15.8 Å². The number of hydrogen-bond acceptors (Lipinski definition) is 5. The maximum Gasteiger partial charge on any atom is 0.324 e. The topological polar surface area (TPSA) is 105 Å². The first-order valence-corrected chi connectivity index (χ1v) is 13.4. The Bertz CT molecular complexity index is 956. The number of likely N-dealkylation sites (tertiary alicyclic amines) is 1. The number of primary amides is 1. The van der Waals surface area contributed by atoms with Crippen molar-refractivity contribution in [3.63, 3.8) is 0 Å². The molecule has 1 heterocycles. The quantitative estimate of drug-likeness (QED) is 0.474. The second-order valence-corrected chi connectivity index (χ2v) is 10.3. The van der Waals surface area contributed by atoms with Gasteiger partial charge in [-0.2, -0.15) is 0 Å². The van der Waals surface area contributed by atoms with Gasteiger partial charge in [0.05, 0.1) is 13.7 Å². The van der Waals surface area contributed by atoms with Gasteiger partial charge < -0.3 is 20.7 Å². The van der Waals surface area contributed by atoms with Gasteiger partial charge in [0.25, 0.3) is 0 Å². The van der Waals surface area contributed by atoms with E-state index in [-0.39, 0.29) is 24.5 Å². The van der Waals surface area contributed by atoms with Gasteiger partial charge in [-0.1, -0.05) is 62.2 Å². The first kappa shape index (κ1) is 30.8. The Morgan fingerprint density at radius 2 is 1.66 bits per heavy atom. The number of methoxy groups -OCH3 is 1. The zero-order valence-electron chi connectivity index (χ0n) is 23.1. The van der Waals surface area contributed by atoms with Crippen molar-refractivity contribution in [1.29, 1.82) is 0 Å². The molecule has 2 aliphatic rings. The molecule has 1 saturated heterocycles. The number of piperidine rings is 1. The molecule has 0 bridgehead atoms. The summed E-state index contributed by atoms with van der Waals surface area (Å²) < 4.78 is 5.15. The molecule has 0 unspecified atom stereocenters. The van der Waals surface area contributed by atoms with Crippen molar-refractivity contribution in [2.24, 2.45) is 11.7 Å². The number of nitrogens with one attached hydrogen (secondary N) is 1. The summed E-state index contributed by atoms with van der Waals surface area (Å²) in [4.78, 5) is 36.5. The van der Waals surface area contributed by atoms with E-state index in [1.54, 1.807) is 7.11 Å². The third-order valence-electron chi connectivity index (χ3n) is 6.92. The van der Waals surface area contributed by atoms with Crippen LogP contribution in [0.5, 0.6) is 5.75 Å². The van der Waals surface area contributed by atoms with Crippen molar-refractivity contribution in [1.82, 2.24) is 15.1 Å². The molecule has 3 N–H and O–H groups in total. The van der Waals surface area contributed by atoms with Crippen molar-refractivity contribution in [2.75, 3.05) is 26.7 Å². The third kappa shape index (κ3) is 11.8. The van der Waals surface area contributed by atoms with Gasteiger partial charge in [0.2, 0.25) is 12.8 Å². The average molecular weight is 525 g/mol. The highest BCUT2D eigenvalue weighted by atomic mass is 16.5. The Kier molecular flexibility index (Phi) is 13.3. The van der Waals surface area contributed by atoms with E-state index < -0.39 is 0 Å². The molecule has 0 spiro atoms. The van der Waals surface area contributed by atoms with Crippen LogP contribution in [0.2, 0.25) is 0 Å². The number of amides is 4. The summed E-state index contributed by atoms with van der Waals surface area (Å²) in [6.07, 6.45) is 7.79. The molecule has 0 atom stereocenters. The van der Waals surface area contributed by atoms with Crippen LogP contribution in [0.1, 0.15) is 57.1 Å². The Morgan fingerprint density at radius 1 is 1.08 bits per heavy atom. The molecule has 4 amide bonds. The largest absolute Gasteiger partial charge is 0.497 e. The molecule has 1 saturated carbocycles. The van der Waals surface area contributed by atoms with E-state index in [2.05, 4.69) is 54.1 Å². The molecule has 2 fully saturated rings. The van der Waals surface area contributed by atoms with Crippen molar-refractivity contribution in [3.05, 3.63) is 65.7 Å². The van der Waals surface area contributed by atoms with Gasteiger partial charge in [-0.25, -0.2) is 4.79 Å². The zero-order valence-corrected chi connectivity index (χ0v) is 23.1. The number of carbonyl (C=O) groups excluding carboxylic acids is 3. The minimum Gasteiger partial charge on any atom is -0.497 e. The normalized spacial score (nSPS) is 16.0. The lowest BCUT2D eigenvalue weighted by atomic mass is 9.89. The molecule has 4 rings (SSSR count). The summed E-state index contributed by atoms with van der Waals surface area (Å²) in [6.45, 7) is 7.55. The maximum absolute atomic E-state index is 12.7. The number of rotatable bonds is 9. The summed E-state index contributed by atoms with van der Waals surface area (Å²) in [5.41, 5.74) is 6.12. The molecule has 38 heavy (non-hydrogen) atoms. The minimum atomic E-state index is -0.342. The standard InChI is InChI=1S/C25H33N3O3.C4H8.CH3NO/c1-25(14-17-27(18-15-25)16-6-9-21-7-4-3-5-8-21)26-24(30)28(20-29)19-22-10-12-23(31-2)13-11-22;1-4-2-3-4;2-1-3/h3-5,7-8,10-13,20H,6,9,14-19H2,1-2H3,(H,26,30);4H,2-3H2,1H3;1H,(H2,2,3). The molecular weight excluding hydrogens is 480 g/mol. The predicted octanol–water partition coefficient (Wildman–Crippen LogP) is 4.37. The van der Waals surface area contributed by atoms with Crippen molar-refractivity contribution >= 4 is 18.9 Å². The molecule has 2 aromatic carbocycles. The van der Waals surface area contributed by atoms with Gasteiger partial charge in [0.1, 0.15) is 5.75 Å². The second-order valence-electron chi connectivity index (χ2n) is 10.3. The molecular formula is C30H44N4O4. The van der Waals surface area contributed by atoms with E-state index in [4.69, 9.17) is 9.53 Å². The number of carbonyl (C=O) groups is 3. The van der Waals surface area contributed by atoms with Gasteiger partial charge >= 0.3 is 6.03 Å². The summed E-state index contributed by atoms with van der Waals surface area (Å²) >= 11 is 0. The van der Waals surface area contributed by atoms with Gasteiger partial charge in [-0.3, -0.25) is 14.5 Å². The average Bonchev–Trinajstić information content (AvgIpc) is 3.72. The summed E-state index contributed by atoms with van der Waals surface area (Å²) in [6, 6.07) is 17.6. The number of benzene rings is 2. The van der Waals surface area contributed by atoms with Gasteiger partial charge in [-0.05, 0) is 68.3 Å². The molecule has 8 heteroatoms. The number of urea groups is 1. The van der Waals surface area contributed by atoms with E-state index in [1.807, 2.05) is 30.3 Å². The number of nitrogens with zero attached hydrogens (tertiary/aromatic N) is 2. The molecule has 8 nitrogen and oxygen atoms in total. The number of imide groups is 1. The van der Waals surface area contributed by atoms with Crippen LogP contribution in [0.3, 0.4) is 0 Å². The highest BCUT2D eigenvalue weighted by Crippen LogP contribution is 2.26.